The van der Waals surface area contributed by atoms with Crippen LogP contribution in [0, 0.1) is 5.92 Å². The van der Waals surface area contributed by atoms with Crippen LogP contribution in [0.1, 0.15) is 81.1 Å². The van der Waals surface area contributed by atoms with E-state index in [9.17, 15) is 0 Å². The lowest BCUT2D eigenvalue weighted by molar-refractivity contribution is 0.522. The molecule has 0 saturated carbocycles. The first-order chi connectivity index (χ1) is 11.9. The van der Waals surface area contributed by atoms with E-state index in [0.29, 0.717) is 0 Å². The molecule has 0 radical (unpaired) electrons. The molecule has 0 bridgehead atoms. The minimum Gasteiger partial charge on any atom is -0.321 e. The van der Waals surface area contributed by atoms with Gasteiger partial charge in [-0.3, -0.25) is 0 Å². The van der Waals surface area contributed by atoms with Crippen molar-refractivity contribution in [2.75, 3.05) is 19.6 Å². The standard InChI is InChI=1S/C20H49N3Si2/c1-9-15-17-21-25(19-20(7)8,22-18-16-10-2)23(11-3)24(12-4,13-5)14-6/h20-22H,9-19H2,1-8H3. The van der Waals surface area contributed by atoms with Crippen molar-refractivity contribution >= 4 is 16.8 Å². The first-order valence-electron chi connectivity index (χ1n) is 11.2. The second-order valence-corrected chi connectivity index (χ2v) is 17.0. The van der Waals surface area contributed by atoms with E-state index in [-0.39, 0.29) is 0 Å². The Morgan fingerprint density at radius 2 is 1.20 bits per heavy atom. The van der Waals surface area contributed by atoms with Gasteiger partial charge in [-0.1, -0.05) is 68.2 Å². The molecule has 25 heavy (non-hydrogen) atoms. The second kappa shape index (κ2) is 13.5. The highest BCUT2D eigenvalue weighted by atomic mass is 28.4. The minimum atomic E-state index is -1.87. The van der Waals surface area contributed by atoms with E-state index in [4.69, 9.17) is 0 Å². The number of rotatable bonds is 16. The maximum absolute atomic E-state index is 4.17. The molecule has 2 N–H and O–H groups in total. The van der Waals surface area contributed by atoms with Gasteiger partial charge in [-0.25, -0.2) is 0 Å². The zero-order valence-corrected chi connectivity index (χ0v) is 20.8. The lowest BCUT2D eigenvalue weighted by Crippen LogP contribution is -2.79. The van der Waals surface area contributed by atoms with Crippen LogP contribution in [0.2, 0.25) is 24.2 Å². The van der Waals surface area contributed by atoms with E-state index in [1.54, 1.807) is 0 Å². The van der Waals surface area contributed by atoms with E-state index in [2.05, 4.69) is 69.6 Å². The van der Waals surface area contributed by atoms with Gasteiger partial charge >= 0.3 is 0 Å². The maximum Gasteiger partial charge on any atom is 0.277 e. The molecule has 0 atom stereocenters. The summed E-state index contributed by atoms with van der Waals surface area (Å²) in [6, 6.07) is 5.46. The normalized spacial score (nSPS) is 13.2. The molecule has 0 rings (SSSR count). The molecule has 3 nitrogen and oxygen atoms in total. The molecule has 0 saturated heterocycles. The Labute approximate surface area is 162 Å². The molecule has 0 fully saturated rings. The van der Waals surface area contributed by atoms with E-state index in [1.165, 1.54) is 69.5 Å². The molecule has 0 unspecified atom stereocenters. The van der Waals surface area contributed by atoms with E-state index >= 15 is 0 Å². The Kier molecular flexibility index (Phi) is 13.6. The predicted molar refractivity (Wildman–Crippen MR) is 121 cm³/mol. The lowest BCUT2D eigenvalue weighted by atomic mass is 10.3. The molecule has 0 aliphatic carbocycles. The summed E-state index contributed by atoms with van der Waals surface area (Å²) in [7, 11) is -3.27. The number of nitrogens with one attached hydrogen (secondary N) is 2. The highest BCUT2D eigenvalue weighted by Crippen LogP contribution is 2.31. The average molecular weight is 388 g/mol. The number of unbranched alkanes of at least 4 members (excludes halogenated alkanes) is 2. The molecule has 0 aromatic carbocycles. The van der Waals surface area contributed by atoms with Crippen LogP contribution in [0.15, 0.2) is 0 Å². The smallest absolute Gasteiger partial charge is 0.277 e. The summed E-state index contributed by atoms with van der Waals surface area (Å²) in [5, 5.41) is 0. The largest absolute Gasteiger partial charge is 0.321 e. The molecule has 0 heterocycles. The van der Waals surface area contributed by atoms with Gasteiger partial charge in [-0.15, -0.1) is 0 Å². The summed E-state index contributed by atoms with van der Waals surface area (Å²) in [6.45, 7) is 22.7. The van der Waals surface area contributed by atoms with Gasteiger partial charge in [0.2, 0.25) is 0 Å². The SMILES string of the molecule is CCCCN[Si](CC(C)C)(NCCCC)N(CC)[Si](CC)(CC)CC. The zero-order chi connectivity index (χ0) is 19.3. The fraction of sp³-hybridized carbons (Fsp3) is 1.00. The van der Waals surface area contributed by atoms with Crippen molar-refractivity contribution in [2.24, 2.45) is 5.92 Å². The topological polar surface area (TPSA) is 27.3 Å². The van der Waals surface area contributed by atoms with Crippen molar-refractivity contribution in [3.05, 3.63) is 0 Å². The van der Waals surface area contributed by atoms with Gasteiger partial charge in [0.25, 0.3) is 8.56 Å². The quantitative estimate of drug-likeness (QED) is 0.263. The molecule has 0 aliphatic rings. The average Bonchev–Trinajstić information content (AvgIpc) is 2.59. The molecule has 152 valence electrons. The van der Waals surface area contributed by atoms with E-state index in [0.717, 1.165) is 5.92 Å². The van der Waals surface area contributed by atoms with Crippen LogP contribution in [0.25, 0.3) is 0 Å². The first kappa shape index (κ1) is 25.3. The number of nitrogens with zero attached hydrogens (tertiary/aromatic N) is 1. The maximum atomic E-state index is 4.17. The monoisotopic (exact) mass is 387 g/mol. The zero-order valence-electron chi connectivity index (χ0n) is 18.8. The predicted octanol–water partition coefficient (Wildman–Crippen LogP) is 5.69. The Hall–Kier alpha value is 0.314. The molecule has 0 spiro atoms. The fourth-order valence-corrected chi connectivity index (χ4v) is 17.0. The van der Waals surface area contributed by atoms with Crippen molar-refractivity contribution in [1.29, 1.82) is 0 Å². The molecular formula is C20H49N3Si2. The third-order valence-electron chi connectivity index (χ3n) is 5.92. The van der Waals surface area contributed by atoms with Crippen LogP contribution in [-0.4, -0.2) is 40.7 Å². The van der Waals surface area contributed by atoms with Crippen molar-refractivity contribution < 1.29 is 0 Å². The van der Waals surface area contributed by atoms with Crippen LogP contribution in [-0.2, 0) is 0 Å². The third-order valence-corrected chi connectivity index (χ3v) is 18.2. The van der Waals surface area contributed by atoms with E-state index in [1.807, 2.05) is 0 Å². The van der Waals surface area contributed by atoms with Gasteiger partial charge in [-0.2, -0.15) is 0 Å². The Balaban J connectivity index is 5.84. The van der Waals surface area contributed by atoms with Gasteiger partial charge in [0, 0.05) is 0 Å². The van der Waals surface area contributed by atoms with Gasteiger partial charge in [0.05, 0.1) is 0 Å². The Morgan fingerprint density at radius 1 is 0.760 bits per heavy atom. The summed E-state index contributed by atoms with van der Waals surface area (Å²) in [6.07, 6.45) is 5.13. The highest BCUT2D eigenvalue weighted by Gasteiger charge is 2.48. The summed E-state index contributed by atoms with van der Waals surface area (Å²) >= 11 is 0. The van der Waals surface area contributed by atoms with Crippen molar-refractivity contribution in [2.45, 2.75) is 105 Å². The molecular weight excluding hydrogens is 338 g/mol. The molecule has 0 amide bonds. The molecule has 0 aliphatic heterocycles. The van der Waals surface area contributed by atoms with Crippen LogP contribution in [0.4, 0.5) is 0 Å². The van der Waals surface area contributed by atoms with Gasteiger partial charge in [-0.05, 0) is 62.6 Å². The summed E-state index contributed by atoms with van der Waals surface area (Å²) in [5.41, 5.74) is 0. The van der Waals surface area contributed by atoms with E-state index < -0.39 is 16.8 Å². The highest BCUT2D eigenvalue weighted by molar-refractivity contribution is 6.90. The van der Waals surface area contributed by atoms with Crippen LogP contribution < -0.4 is 9.96 Å². The van der Waals surface area contributed by atoms with Crippen molar-refractivity contribution in [3.63, 3.8) is 0 Å². The Morgan fingerprint density at radius 3 is 1.48 bits per heavy atom. The van der Waals surface area contributed by atoms with Gasteiger partial charge in [0.1, 0.15) is 8.24 Å². The first-order valence-corrected chi connectivity index (χ1v) is 15.9. The van der Waals surface area contributed by atoms with Crippen LogP contribution >= 0.6 is 0 Å². The summed E-state index contributed by atoms with van der Waals surface area (Å²) in [4.78, 5) is 8.34. The minimum absolute atomic E-state index is 0.737. The van der Waals surface area contributed by atoms with Crippen molar-refractivity contribution in [1.82, 2.24) is 14.2 Å². The molecule has 0 aromatic rings. The lowest BCUT2D eigenvalue weighted by Gasteiger charge is -2.52. The second-order valence-electron chi connectivity index (χ2n) is 8.05. The van der Waals surface area contributed by atoms with Crippen molar-refractivity contribution in [3.8, 4) is 0 Å². The third kappa shape index (κ3) is 7.45. The number of hydrogen-bond acceptors (Lipinski definition) is 3. The Bertz CT molecular complexity index is 302. The molecule has 0 aromatic heterocycles. The van der Waals surface area contributed by atoms with Crippen LogP contribution in [0.5, 0.6) is 0 Å². The fourth-order valence-electron chi connectivity index (χ4n) is 4.38. The molecule has 5 heteroatoms. The van der Waals surface area contributed by atoms with Gasteiger partial charge in [0.15, 0.2) is 0 Å². The van der Waals surface area contributed by atoms with Gasteiger partial charge < -0.3 is 14.2 Å². The summed E-state index contributed by atoms with van der Waals surface area (Å²) in [5.74, 6) is 0.737. The number of hydrogen-bond donors (Lipinski definition) is 2. The summed E-state index contributed by atoms with van der Waals surface area (Å²) < 4.78 is 3.06. The van der Waals surface area contributed by atoms with Crippen LogP contribution in [0.3, 0.4) is 0 Å².